The summed E-state index contributed by atoms with van der Waals surface area (Å²) in [5, 5.41) is 3.95. The van der Waals surface area contributed by atoms with E-state index < -0.39 is 0 Å². The van der Waals surface area contributed by atoms with Crippen LogP contribution in [0.25, 0.3) is 16.6 Å². The van der Waals surface area contributed by atoms with E-state index in [4.69, 9.17) is 4.74 Å². The predicted molar refractivity (Wildman–Crippen MR) is 122 cm³/mol. The van der Waals surface area contributed by atoms with Gasteiger partial charge in [0.2, 0.25) is 5.91 Å². The number of nitrogens with zero attached hydrogens (tertiary/aromatic N) is 2. The summed E-state index contributed by atoms with van der Waals surface area (Å²) in [7, 11) is 0. The Balaban J connectivity index is 1.91. The summed E-state index contributed by atoms with van der Waals surface area (Å²) in [5.41, 5.74) is 1.14. The van der Waals surface area contributed by atoms with Crippen molar-refractivity contribution in [2.45, 2.75) is 32.3 Å². The van der Waals surface area contributed by atoms with Crippen molar-refractivity contribution >= 4 is 28.6 Å². The number of para-hydroxylation sites is 1. The molecular formula is C23H27N3O3S. The monoisotopic (exact) mass is 425 g/mol. The Kier molecular flexibility index (Phi) is 7.52. The van der Waals surface area contributed by atoms with Crippen LogP contribution in [0.2, 0.25) is 0 Å². The third-order valence-electron chi connectivity index (χ3n) is 4.53. The molecule has 0 fully saturated rings. The number of fused-ring (bicyclic) bond motifs is 1. The van der Waals surface area contributed by atoms with E-state index in [0.717, 1.165) is 12.2 Å². The van der Waals surface area contributed by atoms with E-state index in [1.807, 2.05) is 49.4 Å². The van der Waals surface area contributed by atoms with Crippen molar-refractivity contribution in [1.29, 1.82) is 0 Å². The van der Waals surface area contributed by atoms with Crippen LogP contribution >= 0.6 is 11.8 Å². The molecule has 0 saturated carbocycles. The van der Waals surface area contributed by atoms with E-state index in [1.165, 1.54) is 11.8 Å². The quantitative estimate of drug-likeness (QED) is 0.414. The van der Waals surface area contributed by atoms with E-state index in [0.29, 0.717) is 40.8 Å². The molecule has 0 radical (unpaired) electrons. The Morgan fingerprint density at radius 2 is 1.90 bits per heavy atom. The highest BCUT2D eigenvalue weighted by atomic mass is 32.2. The molecule has 0 aliphatic carbocycles. The van der Waals surface area contributed by atoms with Crippen molar-refractivity contribution < 1.29 is 9.53 Å². The molecule has 3 aromatic rings. The first-order chi connectivity index (χ1) is 14.5. The Hall–Kier alpha value is -2.80. The summed E-state index contributed by atoms with van der Waals surface area (Å²) in [6, 6.07) is 14.6. The minimum atomic E-state index is -0.160. The summed E-state index contributed by atoms with van der Waals surface area (Å²) in [6.45, 7) is 7.38. The third kappa shape index (κ3) is 5.42. The maximum absolute atomic E-state index is 13.2. The molecule has 0 bridgehead atoms. The van der Waals surface area contributed by atoms with Crippen molar-refractivity contribution in [3.05, 3.63) is 58.9 Å². The lowest BCUT2D eigenvalue weighted by molar-refractivity contribution is -0.118. The lowest BCUT2D eigenvalue weighted by atomic mass is 10.1. The zero-order valence-corrected chi connectivity index (χ0v) is 18.4. The molecule has 3 rings (SSSR count). The van der Waals surface area contributed by atoms with Gasteiger partial charge in [0.05, 0.1) is 29.0 Å². The minimum absolute atomic E-state index is 0.0682. The minimum Gasteiger partial charge on any atom is -0.494 e. The fourth-order valence-corrected chi connectivity index (χ4v) is 3.82. The van der Waals surface area contributed by atoms with Crippen molar-refractivity contribution in [1.82, 2.24) is 14.9 Å². The van der Waals surface area contributed by atoms with Crippen LogP contribution in [0.3, 0.4) is 0 Å². The molecular weight excluding hydrogens is 398 g/mol. The number of rotatable bonds is 9. The zero-order chi connectivity index (χ0) is 21.5. The number of ether oxygens (including phenoxy) is 1. The van der Waals surface area contributed by atoms with Crippen LogP contribution in [0.4, 0.5) is 0 Å². The van der Waals surface area contributed by atoms with Crippen LogP contribution in [-0.4, -0.2) is 34.4 Å². The number of thioether (sulfide) groups is 1. The highest BCUT2D eigenvalue weighted by molar-refractivity contribution is 7.99. The van der Waals surface area contributed by atoms with E-state index in [9.17, 15) is 9.59 Å². The molecule has 1 aromatic heterocycles. The average molecular weight is 426 g/mol. The van der Waals surface area contributed by atoms with Crippen molar-refractivity contribution in [2.24, 2.45) is 5.92 Å². The predicted octanol–water partition coefficient (Wildman–Crippen LogP) is 4.04. The fraction of sp³-hybridized carbons (Fsp3) is 0.348. The van der Waals surface area contributed by atoms with Gasteiger partial charge in [-0.05, 0) is 55.7 Å². The lowest BCUT2D eigenvalue weighted by Crippen LogP contribution is -2.28. The molecule has 0 spiro atoms. The number of amides is 1. The van der Waals surface area contributed by atoms with Crippen molar-refractivity contribution in [3.8, 4) is 11.4 Å². The lowest BCUT2D eigenvalue weighted by Gasteiger charge is -2.14. The molecule has 2 aromatic carbocycles. The van der Waals surface area contributed by atoms with Crippen LogP contribution < -0.4 is 15.6 Å². The van der Waals surface area contributed by atoms with Gasteiger partial charge in [0.25, 0.3) is 5.56 Å². The third-order valence-corrected chi connectivity index (χ3v) is 5.47. The number of hydrogen-bond donors (Lipinski definition) is 1. The molecule has 0 atom stereocenters. The second-order valence-electron chi connectivity index (χ2n) is 7.30. The Morgan fingerprint density at radius 3 is 2.60 bits per heavy atom. The molecule has 0 saturated heterocycles. The number of carbonyl (C=O) groups excluding carboxylic acids is 1. The van der Waals surface area contributed by atoms with Crippen LogP contribution in [-0.2, 0) is 4.79 Å². The van der Waals surface area contributed by atoms with Crippen molar-refractivity contribution in [3.63, 3.8) is 0 Å². The standard InChI is InChI=1S/C23H27N3O3S/c1-4-29-18-11-9-17(10-12-18)26-22(28)19-7-5-6-8-20(19)25-23(26)30-15-21(27)24-14-13-16(2)3/h5-12,16H,4,13-15H2,1-3H3,(H,24,27). The summed E-state index contributed by atoms with van der Waals surface area (Å²) >= 11 is 1.26. The maximum Gasteiger partial charge on any atom is 0.266 e. The van der Waals surface area contributed by atoms with E-state index >= 15 is 0 Å². The first kappa shape index (κ1) is 21.9. The van der Waals surface area contributed by atoms with Gasteiger partial charge in [-0.1, -0.05) is 37.7 Å². The van der Waals surface area contributed by atoms with Gasteiger partial charge in [-0.15, -0.1) is 0 Å². The van der Waals surface area contributed by atoms with Crippen LogP contribution in [0, 0.1) is 5.92 Å². The molecule has 158 valence electrons. The summed E-state index contributed by atoms with van der Waals surface area (Å²) < 4.78 is 7.06. The van der Waals surface area contributed by atoms with Gasteiger partial charge in [0.15, 0.2) is 5.16 Å². The summed E-state index contributed by atoms with van der Waals surface area (Å²) in [6.07, 6.45) is 0.932. The maximum atomic E-state index is 13.2. The number of aromatic nitrogens is 2. The molecule has 0 aliphatic rings. The number of benzene rings is 2. The Bertz CT molecular complexity index is 1060. The largest absolute Gasteiger partial charge is 0.494 e. The first-order valence-electron chi connectivity index (χ1n) is 10.1. The molecule has 1 heterocycles. The molecule has 30 heavy (non-hydrogen) atoms. The highest BCUT2D eigenvalue weighted by Crippen LogP contribution is 2.22. The van der Waals surface area contributed by atoms with Gasteiger partial charge in [0.1, 0.15) is 5.75 Å². The molecule has 1 N–H and O–H groups in total. The van der Waals surface area contributed by atoms with Crippen LogP contribution in [0.5, 0.6) is 5.75 Å². The summed E-state index contributed by atoms with van der Waals surface area (Å²) in [5.74, 6) is 1.40. The molecule has 0 unspecified atom stereocenters. The van der Waals surface area contributed by atoms with E-state index in [1.54, 1.807) is 10.6 Å². The molecule has 1 amide bonds. The van der Waals surface area contributed by atoms with E-state index in [-0.39, 0.29) is 17.2 Å². The smallest absolute Gasteiger partial charge is 0.266 e. The Morgan fingerprint density at radius 1 is 1.17 bits per heavy atom. The van der Waals surface area contributed by atoms with E-state index in [2.05, 4.69) is 24.1 Å². The van der Waals surface area contributed by atoms with Gasteiger partial charge >= 0.3 is 0 Å². The zero-order valence-electron chi connectivity index (χ0n) is 17.6. The molecule has 7 heteroatoms. The fourth-order valence-electron chi connectivity index (χ4n) is 2.98. The van der Waals surface area contributed by atoms with Crippen molar-refractivity contribution in [2.75, 3.05) is 18.9 Å². The first-order valence-corrected chi connectivity index (χ1v) is 11.1. The second-order valence-corrected chi connectivity index (χ2v) is 8.24. The van der Waals surface area contributed by atoms with Crippen LogP contribution in [0.15, 0.2) is 58.5 Å². The number of nitrogens with one attached hydrogen (secondary N) is 1. The highest BCUT2D eigenvalue weighted by Gasteiger charge is 2.15. The number of carbonyl (C=O) groups is 1. The SMILES string of the molecule is CCOc1ccc(-n2c(SCC(=O)NCCC(C)C)nc3ccccc3c2=O)cc1. The van der Waals surface area contributed by atoms with Gasteiger partial charge in [-0.3, -0.25) is 14.2 Å². The number of hydrogen-bond acceptors (Lipinski definition) is 5. The second kappa shape index (κ2) is 10.3. The Labute approximate surface area is 180 Å². The normalized spacial score (nSPS) is 11.1. The summed E-state index contributed by atoms with van der Waals surface area (Å²) in [4.78, 5) is 30.1. The molecule has 6 nitrogen and oxygen atoms in total. The van der Waals surface area contributed by atoms with Gasteiger partial charge in [-0.2, -0.15) is 0 Å². The van der Waals surface area contributed by atoms with Gasteiger partial charge < -0.3 is 10.1 Å². The van der Waals surface area contributed by atoms with Crippen LogP contribution in [0.1, 0.15) is 27.2 Å². The average Bonchev–Trinajstić information content (AvgIpc) is 2.73. The topological polar surface area (TPSA) is 73.2 Å². The van der Waals surface area contributed by atoms with Gasteiger partial charge in [-0.25, -0.2) is 4.98 Å². The molecule has 0 aliphatic heterocycles. The van der Waals surface area contributed by atoms with Gasteiger partial charge in [0, 0.05) is 6.54 Å².